The van der Waals surface area contributed by atoms with Gasteiger partial charge in [-0.05, 0) is 6.92 Å². The summed E-state index contributed by atoms with van der Waals surface area (Å²) < 4.78 is 5.91. The Balaban J connectivity index is 2.94. The van der Waals surface area contributed by atoms with Crippen molar-refractivity contribution in [2.75, 3.05) is 18.2 Å². The van der Waals surface area contributed by atoms with Crippen molar-refractivity contribution in [3.8, 4) is 0 Å². The van der Waals surface area contributed by atoms with E-state index >= 15 is 0 Å². The molecule has 0 unspecified atom stereocenters. The minimum absolute atomic E-state index is 0.448. The van der Waals surface area contributed by atoms with Crippen molar-refractivity contribution in [3.63, 3.8) is 0 Å². The molecule has 0 aliphatic rings. The van der Waals surface area contributed by atoms with E-state index in [4.69, 9.17) is 5.73 Å². The number of aryl methyl sites for hydroxylation is 2. The molecule has 0 atom stereocenters. The molecule has 1 heterocycles. The summed E-state index contributed by atoms with van der Waals surface area (Å²) in [7, 11) is 2.98. The van der Waals surface area contributed by atoms with Crippen LogP contribution in [0.5, 0.6) is 0 Å². The molecule has 0 saturated carbocycles. The second-order valence-corrected chi connectivity index (χ2v) is 2.59. The number of anilines is 2. The average molecular weight is 184 g/mol. The molecule has 0 bridgehead atoms. The first-order valence-electron chi connectivity index (χ1n) is 3.70. The fraction of sp³-hybridized carbons (Fsp3) is 0.429. The standard InChI is InChI=1S/C7H12N4O2/c1-4-5(8)6(11(2)10-4)9-7(12)13-3/h8H2,1-3H3,(H,9,12). The van der Waals surface area contributed by atoms with E-state index in [1.807, 2.05) is 0 Å². The van der Waals surface area contributed by atoms with Gasteiger partial charge >= 0.3 is 6.09 Å². The van der Waals surface area contributed by atoms with E-state index in [0.717, 1.165) is 0 Å². The van der Waals surface area contributed by atoms with Crippen molar-refractivity contribution in [2.45, 2.75) is 6.92 Å². The Hall–Kier alpha value is -1.72. The smallest absolute Gasteiger partial charge is 0.412 e. The van der Waals surface area contributed by atoms with E-state index in [1.54, 1.807) is 14.0 Å². The van der Waals surface area contributed by atoms with Crippen molar-refractivity contribution in [3.05, 3.63) is 5.69 Å². The largest absolute Gasteiger partial charge is 0.453 e. The Labute approximate surface area is 75.7 Å². The second-order valence-electron chi connectivity index (χ2n) is 2.59. The number of rotatable bonds is 1. The Bertz CT molecular complexity index is 331. The van der Waals surface area contributed by atoms with Crippen LogP contribution in [-0.4, -0.2) is 23.0 Å². The predicted octanol–water partition coefficient (Wildman–Crippen LogP) is 0.489. The van der Waals surface area contributed by atoms with Gasteiger partial charge in [-0.2, -0.15) is 5.10 Å². The maximum Gasteiger partial charge on any atom is 0.412 e. The predicted molar refractivity (Wildman–Crippen MR) is 48.4 cm³/mol. The number of carbonyl (C=O) groups is 1. The zero-order chi connectivity index (χ0) is 10.0. The first-order valence-corrected chi connectivity index (χ1v) is 3.70. The number of methoxy groups -OCH3 is 1. The number of aromatic nitrogens is 2. The third-order valence-corrected chi connectivity index (χ3v) is 1.67. The Morgan fingerprint density at radius 3 is 2.69 bits per heavy atom. The van der Waals surface area contributed by atoms with Crippen LogP contribution < -0.4 is 11.1 Å². The lowest BCUT2D eigenvalue weighted by Gasteiger charge is -2.03. The number of ether oxygens (including phenoxy) is 1. The van der Waals surface area contributed by atoms with Crippen LogP contribution in [0, 0.1) is 6.92 Å². The number of nitrogens with zero attached hydrogens (tertiary/aromatic N) is 2. The first-order chi connectivity index (χ1) is 6.06. The van der Waals surface area contributed by atoms with Gasteiger partial charge in [0.2, 0.25) is 0 Å². The van der Waals surface area contributed by atoms with E-state index in [-0.39, 0.29) is 0 Å². The summed E-state index contributed by atoms with van der Waals surface area (Å²) in [6.07, 6.45) is -0.560. The summed E-state index contributed by atoms with van der Waals surface area (Å²) in [6, 6.07) is 0. The third-order valence-electron chi connectivity index (χ3n) is 1.67. The van der Waals surface area contributed by atoms with Gasteiger partial charge in [0.1, 0.15) is 0 Å². The summed E-state index contributed by atoms with van der Waals surface area (Å²) in [5.41, 5.74) is 6.78. The minimum atomic E-state index is -0.560. The molecule has 0 aromatic carbocycles. The monoisotopic (exact) mass is 184 g/mol. The number of hydrogen-bond donors (Lipinski definition) is 2. The maximum absolute atomic E-state index is 10.9. The van der Waals surface area contributed by atoms with E-state index in [9.17, 15) is 4.79 Å². The van der Waals surface area contributed by atoms with Crippen LogP contribution in [0.15, 0.2) is 0 Å². The van der Waals surface area contributed by atoms with Gasteiger partial charge < -0.3 is 10.5 Å². The van der Waals surface area contributed by atoms with Gasteiger partial charge in [0.15, 0.2) is 5.82 Å². The molecule has 13 heavy (non-hydrogen) atoms. The summed E-state index contributed by atoms with van der Waals surface area (Å²) in [5, 5.41) is 6.48. The van der Waals surface area contributed by atoms with Crippen LogP contribution in [0.3, 0.4) is 0 Å². The Morgan fingerprint density at radius 2 is 2.31 bits per heavy atom. The zero-order valence-electron chi connectivity index (χ0n) is 7.79. The molecular weight excluding hydrogens is 172 g/mol. The van der Waals surface area contributed by atoms with Crippen LogP contribution in [-0.2, 0) is 11.8 Å². The highest BCUT2D eigenvalue weighted by molar-refractivity contribution is 5.87. The molecule has 0 saturated heterocycles. The Kier molecular flexibility index (Phi) is 2.41. The molecule has 0 spiro atoms. The van der Waals surface area contributed by atoms with E-state index in [0.29, 0.717) is 17.2 Å². The van der Waals surface area contributed by atoms with Crippen molar-refractivity contribution < 1.29 is 9.53 Å². The fourth-order valence-corrected chi connectivity index (χ4v) is 0.970. The highest BCUT2D eigenvalue weighted by Crippen LogP contribution is 2.20. The quantitative estimate of drug-likeness (QED) is 0.665. The van der Waals surface area contributed by atoms with Gasteiger partial charge in [0.25, 0.3) is 0 Å². The number of nitrogen functional groups attached to an aromatic ring is 1. The molecule has 0 radical (unpaired) electrons. The average Bonchev–Trinajstić information content (AvgIpc) is 2.32. The van der Waals surface area contributed by atoms with Crippen LogP contribution >= 0.6 is 0 Å². The van der Waals surface area contributed by atoms with Crippen molar-refractivity contribution in [2.24, 2.45) is 7.05 Å². The summed E-state index contributed by atoms with van der Waals surface area (Å²) >= 11 is 0. The van der Waals surface area contributed by atoms with Crippen molar-refractivity contribution in [1.29, 1.82) is 0 Å². The van der Waals surface area contributed by atoms with Crippen LogP contribution in [0.4, 0.5) is 16.3 Å². The van der Waals surface area contributed by atoms with Gasteiger partial charge in [0.05, 0.1) is 18.5 Å². The normalized spacial score (nSPS) is 9.77. The SMILES string of the molecule is COC(=O)Nc1c(N)c(C)nn1C. The summed E-state index contributed by atoms with van der Waals surface area (Å²) in [6.45, 7) is 1.76. The van der Waals surface area contributed by atoms with E-state index in [2.05, 4.69) is 15.2 Å². The summed E-state index contributed by atoms with van der Waals surface area (Å²) in [5.74, 6) is 0.448. The van der Waals surface area contributed by atoms with Crippen LogP contribution in [0.1, 0.15) is 5.69 Å². The lowest BCUT2D eigenvalue weighted by molar-refractivity contribution is 0.186. The molecule has 1 rings (SSSR count). The first kappa shape index (κ1) is 9.37. The molecule has 0 fully saturated rings. The second kappa shape index (κ2) is 3.34. The lowest BCUT2D eigenvalue weighted by atomic mass is 10.4. The number of nitrogens with one attached hydrogen (secondary N) is 1. The maximum atomic E-state index is 10.9. The van der Waals surface area contributed by atoms with E-state index in [1.165, 1.54) is 11.8 Å². The number of hydrogen-bond acceptors (Lipinski definition) is 4. The van der Waals surface area contributed by atoms with Gasteiger partial charge in [-0.1, -0.05) is 0 Å². The molecule has 1 aromatic rings. The molecule has 0 aliphatic carbocycles. The highest BCUT2D eigenvalue weighted by atomic mass is 16.5. The molecule has 1 aromatic heterocycles. The number of carbonyl (C=O) groups excluding carboxylic acids is 1. The fourth-order valence-electron chi connectivity index (χ4n) is 0.970. The lowest BCUT2D eigenvalue weighted by Crippen LogP contribution is -2.14. The van der Waals surface area contributed by atoms with E-state index < -0.39 is 6.09 Å². The summed E-state index contributed by atoms with van der Waals surface area (Å²) in [4.78, 5) is 10.9. The van der Waals surface area contributed by atoms with Gasteiger partial charge in [-0.25, -0.2) is 4.79 Å². The molecule has 72 valence electrons. The highest BCUT2D eigenvalue weighted by Gasteiger charge is 2.12. The molecule has 6 nitrogen and oxygen atoms in total. The van der Waals surface area contributed by atoms with Crippen LogP contribution in [0.2, 0.25) is 0 Å². The van der Waals surface area contributed by atoms with Gasteiger partial charge in [-0.3, -0.25) is 10.00 Å². The van der Waals surface area contributed by atoms with Crippen molar-refractivity contribution >= 4 is 17.6 Å². The molecule has 6 heteroatoms. The zero-order valence-corrected chi connectivity index (χ0v) is 7.79. The third kappa shape index (κ3) is 1.71. The van der Waals surface area contributed by atoms with Crippen molar-refractivity contribution in [1.82, 2.24) is 9.78 Å². The molecular formula is C7H12N4O2. The molecule has 3 N–H and O–H groups in total. The van der Waals surface area contributed by atoms with Gasteiger partial charge in [0, 0.05) is 7.05 Å². The minimum Gasteiger partial charge on any atom is -0.453 e. The number of nitrogens with two attached hydrogens (primary N) is 1. The number of amides is 1. The van der Waals surface area contributed by atoms with Crippen LogP contribution in [0.25, 0.3) is 0 Å². The van der Waals surface area contributed by atoms with Gasteiger partial charge in [-0.15, -0.1) is 0 Å². The molecule has 1 amide bonds. The Morgan fingerprint density at radius 1 is 1.69 bits per heavy atom. The topological polar surface area (TPSA) is 82.2 Å². The molecule has 0 aliphatic heterocycles.